The van der Waals surface area contributed by atoms with Crippen molar-refractivity contribution in [1.82, 2.24) is 25.8 Å². The Labute approximate surface area is 141 Å². The van der Waals surface area contributed by atoms with Crippen molar-refractivity contribution in [3.63, 3.8) is 0 Å². The summed E-state index contributed by atoms with van der Waals surface area (Å²) in [5, 5.41) is 13.5. The monoisotopic (exact) mass is 332 g/mol. The number of hydrogen-bond donors (Lipinski definition) is 3. The number of benzene rings is 1. The predicted octanol–water partition coefficient (Wildman–Crippen LogP) is 2.28. The third-order valence-electron chi connectivity index (χ3n) is 3.53. The molecule has 7 heteroatoms. The molecular weight excluding hydrogens is 308 g/mol. The van der Waals surface area contributed by atoms with Crippen LogP contribution in [-0.2, 0) is 6.54 Å². The van der Waals surface area contributed by atoms with Crippen molar-refractivity contribution in [2.75, 3.05) is 19.8 Å². The van der Waals surface area contributed by atoms with Crippen LogP contribution in [0.3, 0.4) is 0 Å². The van der Waals surface area contributed by atoms with Gasteiger partial charge >= 0.3 is 0 Å². The summed E-state index contributed by atoms with van der Waals surface area (Å²) in [5.41, 5.74) is 2.18. The van der Waals surface area contributed by atoms with Gasteiger partial charge in [0.05, 0.1) is 0 Å². The van der Waals surface area contributed by atoms with E-state index in [-0.39, 0.29) is 4.75 Å². The topological polar surface area (TPSA) is 78.0 Å². The van der Waals surface area contributed by atoms with E-state index in [4.69, 9.17) is 0 Å². The number of aliphatic imine (C=N–C) groups is 1. The lowest BCUT2D eigenvalue weighted by Gasteiger charge is -2.23. The number of nitrogens with one attached hydrogen (secondary N) is 3. The second-order valence-corrected chi connectivity index (χ2v) is 7.29. The SMILES string of the molecule is CN=C(NCc1cccc(-c2ncn[nH]2)c1)NCC(C)(C)SC. The zero-order valence-electron chi connectivity index (χ0n) is 14.1. The zero-order valence-corrected chi connectivity index (χ0v) is 14.9. The standard InChI is InChI=1S/C16H24N6S/c1-16(2,23-4)10-19-15(17-3)18-9-12-6-5-7-13(8-12)14-20-11-21-22-14/h5-8,11H,9-10H2,1-4H3,(H2,17,18,19)(H,20,21,22). The molecule has 0 aliphatic carbocycles. The Morgan fingerprint density at radius 2 is 2.17 bits per heavy atom. The van der Waals surface area contributed by atoms with Crippen LogP contribution in [0.25, 0.3) is 11.4 Å². The molecule has 1 aromatic carbocycles. The van der Waals surface area contributed by atoms with Crippen molar-refractivity contribution >= 4 is 17.7 Å². The molecule has 2 aromatic rings. The average molecular weight is 332 g/mol. The summed E-state index contributed by atoms with van der Waals surface area (Å²) in [6.45, 7) is 5.96. The maximum Gasteiger partial charge on any atom is 0.191 e. The van der Waals surface area contributed by atoms with Crippen molar-refractivity contribution < 1.29 is 0 Å². The highest BCUT2D eigenvalue weighted by Gasteiger charge is 2.16. The Balaban J connectivity index is 1.93. The summed E-state index contributed by atoms with van der Waals surface area (Å²) >= 11 is 1.83. The van der Waals surface area contributed by atoms with Crippen molar-refractivity contribution in [1.29, 1.82) is 0 Å². The van der Waals surface area contributed by atoms with Crippen molar-refractivity contribution in [3.8, 4) is 11.4 Å². The van der Waals surface area contributed by atoms with Gasteiger partial charge in [0.25, 0.3) is 0 Å². The number of thioether (sulfide) groups is 1. The van der Waals surface area contributed by atoms with E-state index >= 15 is 0 Å². The van der Waals surface area contributed by atoms with Gasteiger partial charge in [0.2, 0.25) is 0 Å². The first-order chi connectivity index (χ1) is 11.0. The molecule has 1 heterocycles. The fourth-order valence-electron chi connectivity index (χ4n) is 1.95. The average Bonchev–Trinajstić information content (AvgIpc) is 3.10. The summed E-state index contributed by atoms with van der Waals surface area (Å²) in [6, 6.07) is 8.19. The summed E-state index contributed by atoms with van der Waals surface area (Å²) < 4.78 is 0.170. The fourth-order valence-corrected chi connectivity index (χ4v) is 2.16. The summed E-state index contributed by atoms with van der Waals surface area (Å²) in [4.78, 5) is 8.45. The van der Waals surface area contributed by atoms with E-state index in [2.05, 4.69) is 63.0 Å². The molecule has 1 aromatic heterocycles. The normalized spacial score (nSPS) is 12.3. The summed E-state index contributed by atoms with van der Waals surface area (Å²) in [7, 11) is 1.78. The van der Waals surface area contributed by atoms with Crippen LogP contribution >= 0.6 is 11.8 Å². The Bertz CT molecular complexity index is 636. The molecular formula is C16H24N6S. The van der Waals surface area contributed by atoms with Gasteiger partial charge in [0.1, 0.15) is 6.33 Å². The first-order valence-electron chi connectivity index (χ1n) is 7.48. The lowest BCUT2D eigenvalue weighted by molar-refractivity contribution is 0.664. The van der Waals surface area contributed by atoms with Crippen LogP contribution in [0.4, 0.5) is 0 Å². The Morgan fingerprint density at radius 1 is 1.35 bits per heavy atom. The van der Waals surface area contributed by atoms with Gasteiger partial charge in [-0.3, -0.25) is 10.1 Å². The third-order valence-corrected chi connectivity index (χ3v) is 4.78. The van der Waals surface area contributed by atoms with Gasteiger partial charge in [0.15, 0.2) is 11.8 Å². The van der Waals surface area contributed by atoms with E-state index in [1.165, 1.54) is 6.33 Å². The van der Waals surface area contributed by atoms with Crippen LogP contribution in [0.5, 0.6) is 0 Å². The smallest absolute Gasteiger partial charge is 0.191 e. The molecule has 0 bridgehead atoms. The van der Waals surface area contributed by atoms with E-state index in [9.17, 15) is 0 Å². The molecule has 6 nitrogen and oxygen atoms in total. The van der Waals surface area contributed by atoms with Crippen LogP contribution in [0, 0.1) is 0 Å². The minimum absolute atomic E-state index is 0.170. The van der Waals surface area contributed by atoms with Gasteiger partial charge in [0, 0.05) is 30.4 Å². The second kappa shape index (κ2) is 8.01. The molecule has 0 atom stereocenters. The molecule has 0 aliphatic rings. The first kappa shape index (κ1) is 17.3. The minimum Gasteiger partial charge on any atom is -0.355 e. The Kier molecular flexibility index (Phi) is 6.04. The molecule has 23 heavy (non-hydrogen) atoms. The number of hydrogen-bond acceptors (Lipinski definition) is 4. The molecule has 0 unspecified atom stereocenters. The van der Waals surface area contributed by atoms with Crippen molar-refractivity contribution in [3.05, 3.63) is 36.2 Å². The maximum absolute atomic E-state index is 4.27. The number of H-pyrrole nitrogens is 1. The molecule has 0 amide bonds. The molecule has 2 rings (SSSR count). The number of nitrogens with zero attached hydrogens (tertiary/aromatic N) is 3. The highest BCUT2D eigenvalue weighted by Crippen LogP contribution is 2.19. The van der Waals surface area contributed by atoms with Crippen molar-refractivity contribution in [2.45, 2.75) is 25.1 Å². The van der Waals surface area contributed by atoms with Crippen LogP contribution in [0.2, 0.25) is 0 Å². The summed E-state index contributed by atoms with van der Waals surface area (Å²) in [6.07, 6.45) is 3.63. The number of rotatable bonds is 6. The van der Waals surface area contributed by atoms with Crippen LogP contribution in [0.1, 0.15) is 19.4 Å². The van der Waals surface area contributed by atoms with E-state index in [1.807, 2.05) is 23.9 Å². The molecule has 3 N–H and O–H groups in total. The van der Waals surface area contributed by atoms with Gasteiger partial charge in [-0.1, -0.05) is 18.2 Å². The van der Waals surface area contributed by atoms with E-state index < -0.39 is 0 Å². The Morgan fingerprint density at radius 3 is 2.83 bits per heavy atom. The zero-order chi connectivity index (χ0) is 16.7. The lowest BCUT2D eigenvalue weighted by atomic mass is 10.1. The molecule has 124 valence electrons. The van der Waals surface area contributed by atoms with Gasteiger partial charge in [-0.25, -0.2) is 4.98 Å². The molecule has 0 radical (unpaired) electrons. The fraction of sp³-hybridized carbons (Fsp3) is 0.438. The molecule has 0 fully saturated rings. The largest absolute Gasteiger partial charge is 0.355 e. The van der Waals surface area contributed by atoms with E-state index in [0.29, 0.717) is 6.54 Å². The molecule has 0 saturated heterocycles. The maximum atomic E-state index is 4.27. The predicted molar refractivity (Wildman–Crippen MR) is 97.6 cm³/mol. The number of aromatic nitrogens is 3. The van der Waals surface area contributed by atoms with Crippen LogP contribution < -0.4 is 10.6 Å². The Hall–Kier alpha value is -2.02. The van der Waals surface area contributed by atoms with Gasteiger partial charge in [-0.2, -0.15) is 16.9 Å². The third kappa shape index (κ3) is 5.28. The number of aromatic amines is 1. The van der Waals surface area contributed by atoms with E-state index in [1.54, 1.807) is 7.05 Å². The quantitative estimate of drug-likeness (QED) is 0.559. The van der Waals surface area contributed by atoms with Gasteiger partial charge < -0.3 is 10.6 Å². The van der Waals surface area contributed by atoms with Gasteiger partial charge in [-0.05, 0) is 31.7 Å². The van der Waals surface area contributed by atoms with Gasteiger partial charge in [-0.15, -0.1) is 0 Å². The number of guanidine groups is 1. The van der Waals surface area contributed by atoms with Crippen LogP contribution in [0.15, 0.2) is 35.6 Å². The highest BCUT2D eigenvalue weighted by molar-refractivity contribution is 7.99. The molecule has 0 spiro atoms. The first-order valence-corrected chi connectivity index (χ1v) is 8.71. The molecule has 0 aliphatic heterocycles. The minimum atomic E-state index is 0.170. The molecule has 0 saturated carbocycles. The lowest BCUT2D eigenvalue weighted by Crippen LogP contribution is -2.42. The highest BCUT2D eigenvalue weighted by atomic mass is 32.2. The second-order valence-electron chi connectivity index (χ2n) is 5.78. The van der Waals surface area contributed by atoms with Crippen molar-refractivity contribution in [2.24, 2.45) is 4.99 Å². The van der Waals surface area contributed by atoms with Crippen LogP contribution in [-0.4, -0.2) is 45.7 Å². The van der Waals surface area contributed by atoms with E-state index in [0.717, 1.165) is 29.5 Å². The summed E-state index contributed by atoms with van der Waals surface area (Å²) in [5.74, 6) is 1.58.